The van der Waals surface area contributed by atoms with Gasteiger partial charge in [-0.25, -0.2) is 0 Å². The average molecular weight is 359 g/mol. The maximum Gasteiger partial charge on any atom is 0.130 e. The van der Waals surface area contributed by atoms with E-state index in [2.05, 4.69) is 53.7 Å². The fourth-order valence-corrected chi connectivity index (χ4v) is 3.72. The van der Waals surface area contributed by atoms with E-state index in [4.69, 9.17) is 0 Å². The molecule has 0 amide bonds. The number of phenolic OH excluding ortho intramolecular Hbond substituents is 2. The first kappa shape index (κ1) is 19.7. The van der Waals surface area contributed by atoms with Crippen molar-refractivity contribution in [3.8, 4) is 11.5 Å². The fraction of sp³-hybridized carbons (Fsp3) is 0.455. The third-order valence-corrected chi connectivity index (χ3v) is 5.92. The maximum absolute atomic E-state index is 10.6. The Kier molecular flexibility index (Phi) is 5.21. The summed E-state index contributed by atoms with van der Waals surface area (Å²) in [5.74, 6) is 0.544. The lowest BCUT2D eigenvalue weighted by Crippen LogP contribution is -2.11. The first-order valence-corrected chi connectivity index (χ1v) is 9.48. The Morgan fingerprint density at radius 3 is 1.20 bits per heavy atom. The minimum absolute atomic E-state index is 0.0160. The number of aryl methyl sites for hydroxylation is 2. The van der Waals surface area contributed by atoms with Gasteiger partial charge in [0.2, 0.25) is 0 Å². The molecule has 0 fully saturated rings. The molecule has 0 unspecified atom stereocenters. The summed E-state index contributed by atoms with van der Waals surface area (Å²) >= 11 is 1.43. The number of hydrogen-bond acceptors (Lipinski definition) is 3. The summed E-state index contributed by atoms with van der Waals surface area (Å²) in [6.45, 7) is 16.8. The standard InChI is InChI=1S/C22H30O2S/c1-13-9-15(21(3,4)5)11-17(23)19(13)25-20-14(2)10-16(12-18(20)24)22(6,7)8/h9-12,23-24H,1-8H3. The molecule has 2 aromatic carbocycles. The first-order chi connectivity index (χ1) is 11.3. The molecule has 0 heterocycles. The first-order valence-electron chi connectivity index (χ1n) is 8.66. The van der Waals surface area contributed by atoms with Crippen LogP contribution >= 0.6 is 11.8 Å². The van der Waals surface area contributed by atoms with Crippen molar-refractivity contribution in [2.75, 3.05) is 0 Å². The van der Waals surface area contributed by atoms with Crippen molar-refractivity contribution in [2.45, 2.75) is 76.0 Å². The van der Waals surface area contributed by atoms with Crippen LogP contribution in [0.15, 0.2) is 34.1 Å². The summed E-state index contributed by atoms with van der Waals surface area (Å²) in [4.78, 5) is 1.60. The van der Waals surface area contributed by atoms with Crippen LogP contribution in [0.2, 0.25) is 0 Å². The SMILES string of the molecule is Cc1cc(C(C)(C)C)cc(O)c1Sc1c(C)cc(C(C)(C)C)cc1O. The highest BCUT2D eigenvalue weighted by Crippen LogP contribution is 2.45. The second kappa shape index (κ2) is 6.60. The Morgan fingerprint density at radius 1 is 0.640 bits per heavy atom. The van der Waals surface area contributed by atoms with E-state index in [1.165, 1.54) is 11.8 Å². The van der Waals surface area contributed by atoms with Gasteiger partial charge in [0.1, 0.15) is 11.5 Å². The van der Waals surface area contributed by atoms with E-state index in [1.807, 2.05) is 26.0 Å². The van der Waals surface area contributed by atoms with Gasteiger partial charge in [-0.1, -0.05) is 65.4 Å². The van der Waals surface area contributed by atoms with Crippen LogP contribution in [0.4, 0.5) is 0 Å². The molecule has 2 aromatic rings. The van der Waals surface area contributed by atoms with Gasteiger partial charge in [0, 0.05) is 0 Å². The van der Waals surface area contributed by atoms with Gasteiger partial charge in [-0.3, -0.25) is 0 Å². The van der Waals surface area contributed by atoms with Crippen molar-refractivity contribution in [1.29, 1.82) is 0 Å². The summed E-state index contributed by atoms with van der Waals surface area (Å²) in [5.41, 5.74) is 4.23. The summed E-state index contributed by atoms with van der Waals surface area (Å²) in [6.07, 6.45) is 0. The Labute approximate surface area is 156 Å². The molecular formula is C22H30O2S. The van der Waals surface area contributed by atoms with Crippen LogP contribution in [-0.2, 0) is 10.8 Å². The molecule has 0 saturated carbocycles. The minimum atomic E-state index is -0.0160. The number of hydrogen-bond donors (Lipinski definition) is 2. The highest BCUT2D eigenvalue weighted by Gasteiger charge is 2.21. The molecule has 2 rings (SSSR count). The molecular weight excluding hydrogens is 328 g/mol. The highest BCUT2D eigenvalue weighted by atomic mass is 32.2. The second-order valence-corrected chi connectivity index (χ2v) is 9.91. The summed E-state index contributed by atoms with van der Waals surface area (Å²) < 4.78 is 0. The molecule has 3 heteroatoms. The average Bonchev–Trinajstić information content (AvgIpc) is 2.42. The van der Waals surface area contributed by atoms with Crippen molar-refractivity contribution in [3.63, 3.8) is 0 Å². The third kappa shape index (κ3) is 4.33. The minimum Gasteiger partial charge on any atom is -0.507 e. The van der Waals surface area contributed by atoms with Crippen LogP contribution in [0.3, 0.4) is 0 Å². The van der Waals surface area contributed by atoms with Crippen molar-refractivity contribution in [1.82, 2.24) is 0 Å². The summed E-state index contributed by atoms with van der Waals surface area (Å²) in [5, 5.41) is 21.1. The van der Waals surface area contributed by atoms with Gasteiger partial charge in [-0.2, -0.15) is 0 Å². The third-order valence-electron chi connectivity index (χ3n) is 4.45. The summed E-state index contributed by atoms with van der Waals surface area (Å²) in [6, 6.07) is 7.92. The molecule has 0 spiro atoms. The summed E-state index contributed by atoms with van der Waals surface area (Å²) in [7, 11) is 0. The topological polar surface area (TPSA) is 40.5 Å². The van der Waals surface area contributed by atoms with Crippen LogP contribution in [0.25, 0.3) is 0 Å². The Morgan fingerprint density at radius 2 is 0.960 bits per heavy atom. The molecule has 25 heavy (non-hydrogen) atoms. The van der Waals surface area contributed by atoms with Gasteiger partial charge >= 0.3 is 0 Å². The van der Waals surface area contributed by atoms with Crippen molar-refractivity contribution in [3.05, 3.63) is 46.5 Å². The van der Waals surface area contributed by atoms with Gasteiger partial charge in [0.15, 0.2) is 0 Å². The molecule has 0 aliphatic carbocycles. The van der Waals surface area contributed by atoms with Gasteiger partial charge < -0.3 is 10.2 Å². The highest BCUT2D eigenvalue weighted by molar-refractivity contribution is 7.99. The van der Waals surface area contributed by atoms with E-state index in [0.717, 1.165) is 32.0 Å². The van der Waals surface area contributed by atoms with Crippen LogP contribution < -0.4 is 0 Å². The van der Waals surface area contributed by atoms with Crippen molar-refractivity contribution < 1.29 is 10.2 Å². The molecule has 2 nitrogen and oxygen atoms in total. The van der Waals surface area contributed by atoms with Crippen LogP contribution in [0.5, 0.6) is 11.5 Å². The maximum atomic E-state index is 10.6. The van der Waals surface area contributed by atoms with E-state index in [0.29, 0.717) is 0 Å². The zero-order valence-electron chi connectivity index (χ0n) is 16.6. The second-order valence-electron chi connectivity index (χ2n) is 8.88. The fourth-order valence-electron chi connectivity index (χ4n) is 2.74. The van der Waals surface area contributed by atoms with E-state index >= 15 is 0 Å². The lowest BCUT2D eigenvalue weighted by atomic mass is 9.86. The molecule has 0 bridgehead atoms. The lowest BCUT2D eigenvalue weighted by Gasteiger charge is -2.23. The molecule has 0 aromatic heterocycles. The normalized spacial score (nSPS) is 12.5. The molecule has 0 atom stereocenters. The zero-order valence-corrected chi connectivity index (χ0v) is 17.4. The molecule has 136 valence electrons. The number of aromatic hydroxyl groups is 2. The zero-order chi connectivity index (χ0) is 19.2. The van der Waals surface area contributed by atoms with Crippen LogP contribution in [0.1, 0.15) is 63.8 Å². The Bertz CT molecular complexity index is 679. The van der Waals surface area contributed by atoms with E-state index in [1.54, 1.807) is 0 Å². The van der Waals surface area contributed by atoms with Crippen LogP contribution in [-0.4, -0.2) is 10.2 Å². The quantitative estimate of drug-likeness (QED) is 0.647. The lowest BCUT2D eigenvalue weighted by molar-refractivity contribution is 0.454. The number of benzene rings is 2. The monoisotopic (exact) mass is 358 g/mol. The van der Waals surface area contributed by atoms with Crippen molar-refractivity contribution >= 4 is 11.8 Å². The molecule has 2 N–H and O–H groups in total. The van der Waals surface area contributed by atoms with Gasteiger partial charge in [-0.05, 0) is 59.1 Å². The van der Waals surface area contributed by atoms with Gasteiger partial charge in [0.25, 0.3) is 0 Å². The predicted molar refractivity (Wildman–Crippen MR) is 107 cm³/mol. The predicted octanol–water partition coefficient (Wildman–Crippen LogP) is 6.46. The van der Waals surface area contributed by atoms with Gasteiger partial charge in [-0.15, -0.1) is 0 Å². The smallest absolute Gasteiger partial charge is 0.130 e. The van der Waals surface area contributed by atoms with E-state index < -0.39 is 0 Å². The van der Waals surface area contributed by atoms with E-state index in [-0.39, 0.29) is 22.3 Å². The Hall–Kier alpha value is -1.61. The number of phenols is 2. The number of rotatable bonds is 2. The van der Waals surface area contributed by atoms with Crippen LogP contribution in [0, 0.1) is 13.8 Å². The van der Waals surface area contributed by atoms with E-state index in [9.17, 15) is 10.2 Å². The van der Waals surface area contributed by atoms with Crippen molar-refractivity contribution in [2.24, 2.45) is 0 Å². The Balaban J connectivity index is 2.48. The molecule has 0 radical (unpaired) electrons. The molecule has 0 aliphatic rings. The molecule has 0 aliphatic heterocycles. The molecule has 0 saturated heterocycles. The van der Waals surface area contributed by atoms with Gasteiger partial charge in [0.05, 0.1) is 9.79 Å². The largest absolute Gasteiger partial charge is 0.507 e.